The number of carbonyl (C=O) groups excluding carboxylic acids is 1. The molecule has 3 atom stereocenters. The van der Waals surface area contributed by atoms with Gasteiger partial charge in [0, 0.05) is 22.6 Å². The minimum atomic E-state index is -0.274. The second-order valence-corrected chi connectivity index (χ2v) is 7.98. The van der Waals surface area contributed by atoms with Crippen molar-refractivity contribution in [2.45, 2.75) is 19.4 Å². The summed E-state index contributed by atoms with van der Waals surface area (Å²) in [6.45, 7) is 0.616. The molecule has 2 bridgehead atoms. The fourth-order valence-electron chi connectivity index (χ4n) is 3.90. The van der Waals surface area contributed by atoms with E-state index in [0.29, 0.717) is 30.0 Å². The zero-order valence-electron chi connectivity index (χ0n) is 14.3. The molecule has 1 saturated carbocycles. The van der Waals surface area contributed by atoms with Crippen LogP contribution >= 0.6 is 15.9 Å². The number of hydrogen-bond acceptors (Lipinski definition) is 3. The van der Waals surface area contributed by atoms with Gasteiger partial charge in [0.05, 0.1) is 5.69 Å². The number of benzene rings is 1. The summed E-state index contributed by atoms with van der Waals surface area (Å²) in [7, 11) is 0. The van der Waals surface area contributed by atoms with Crippen molar-refractivity contribution in [1.82, 2.24) is 15.1 Å². The first-order valence-corrected chi connectivity index (χ1v) is 9.67. The van der Waals surface area contributed by atoms with Gasteiger partial charge in [0.1, 0.15) is 6.54 Å². The van der Waals surface area contributed by atoms with Crippen molar-refractivity contribution >= 4 is 21.8 Å². The molecule has 4 rings (SSSR count). The van der Waals surface area contributed by atoms with E-state index >= 15 is 0 Å². The Morgan fingerprint density at radius 3 is 2.65 bits per heavy atom. The Morgan fingerprint density at radius 2 is 1.96 bits per heavy atom. The molecule has 1 aromatic heterocycles. The number of rotatable bonds is 5. The Bertz CT molecular complexity index is 904. The van der Waals surface area contributed by atoms with Crippen LogP contribution < -0.4 is 10.9 Å². The number of halogens is 1. The van der Waals surface area contributed by atoms with E-state index in [0.717, 1.165) is 16.5 Å². The minimum absolute atomic E-state index is 0.0557. The summed E-state index contributed by atoms with van der Waals surface area (Å²) in [5.74, 6) is 1.64. The van der Waals surface area contributed by atoms with Crippen LogP contribution in [0.4, 0.5) is 0 Å². The van der Waals surface area contributed by atoms with Gasteiger partial charge in [0.15, 0.2) is 0 Å². The Morgan fingerprint density at radius 1 is 1.15 bits per heavy atom. The predicted molar refractivity (Wildman–Crippen MR) is 103 cm³/mol. The number of nitrogens with zero attached hydrogens (tertiary/aromatic N) is 2. The van der Waals surface area contributed by atoms with Crippen molar-refractivity contribution in [1.29, 1.82) is 0 Å². The third kappa shape index (κ3) is 3.65. The molecular formula is C20H20BrN3O2. The highest BCUT2D eigenvalue weighted by atomic mass is 79.9. The van der Waals surface area contributed by atoms with Gasteiger partial charge < -0.3 is 5.32 Å². The number of amides is 1. The van der Waals surface area contributed by atoms with Crippen LogP contribution in [-0.4, -0.2) is 22.2 Å². The van der Waals surface area contributed by atoms with Gasteiger partial charge in [-0.15, -0.1) is 0 Å². The molecule has 134 valence electrons. The van der Waals surface area contributed by atoms with Crippen molar-refractivity contribution in [2.75, 3.05) is 6.54 Å². The first-order valence-electron chi connectivity index (χ1n) is 8.87. The number of allylic oxidation sites excluding steroid dienone is 2. The van der Waals surface area contributed by atoms with E-state index in [4.69, 9.17) is 0 Å². The fourth-order valence-corrected chi connectivity index (χ4v) is 4.17. The summed E-state index contributed by atoms with van der Waals surface area (Å²) in [5.41, 5.74) is 1.29. The van der Waals surface area contributed by atoms with Gasteiger partial charge in [-0.25, -0.2) is 4.68 Å². The second-order valence-electron chi connectivity index (χ2n) is 7.07. The molecule has 1 heterocycles. The maximum Gasteiger partial charge on any atom is 0.267 e. The first kappa shape index (κ1) is 17.2. The van der Waals surface area contributed by atoms with E-state index in [2.05, 4.69) is 38.5 Å². The molecule has 1 amide bonds. The Labute approximate surface area is 160 Å². The largest absolute Gasteiger partial charge is 0.354 e. The molecule has 5 nitrogen and oxygen atoms in total. The van der Waals surface area contributed by atoms with Gasteiger partial charge in [-0.1, -0.05) is 40.2 Å². The molecule has 0 spiro atoms. The highest BCUT2D eigenvalue weighted by Gasteiger charge is 2.35. The Balaban J connectivity index is 1.41. The number of aromatic nitrogens is 2. The third-order valence-electron chi connectivity index (χ3n) is 5.28. The van der Waals surface area contributed by atoms with Crippen LogP contribution in [-0.2, 0) is 11.3 Å². The SMILES string of the molecule is O=C(Cn1nc(-c2ccc(Br)cc2)ccc1=O)NC[C@@H]1C[C@@H]2C=C[C@H]1C2. The van der Waals surface area contributed by atoms with Gasteiger partial charge in [0.2, 0.25) is 5.91 Å². The average molecular weight is 414 g/mol. The molecule has 26 heavy (non-hydrogen) atoms. The fraction of sp³-hybridized carbons (Fsp3) is 0.350. The van der Waals surface area contributed by atoms with E-state index in [9.17, 15) is 9.59 Å². The molecule has 0 unspecified atom stereocenters. The summed E-state index contributed by atoms with van der Waals surface area (Å²) < 4.78 is 2.21. The van der Waals surface area contributed by atoms with Crippen molar-refractivity contribution in [3.63, 3.8) is 0 Å². The normalized spacial score (nSPS) is 23.3. The van der Waals surface area contributed by atoms with E-state index < -0.39 is 0 Å². The molecule has 2 aromatic rings. The van der Waals surface area contributed by atoms with E-state index in [1.807, 2.05) is 24.3 Å². The Hall–Kier alpha value is -2.21. The maximum absolute atomic E-state index is 12.3. The summed E-state index contributed by atoms with van der Waals surface area (Å²) in [4.78, 5) is 24.3. The van der Waals surface area contributed by atoms with Crippen LogP contribution in [0.1, 0.15) is 12.8 Å². The van der Waals surface area contributed by atoms with Crippen LogP contribution in [0.2, 0.25) is 0 Å². The molecule has 6 heteroatoms. The molecule has 1 fully saturated rings. The second kappa shape index (κ2) is 7.19. The van der Waals surface area contributed by atoms with E-state index in [1.165, 1.54) is 17.2 Å². The average Bonchev–Trinajstić information content (AvgIpc) is 3.26. The lowest BCUT2D eigenvalue weighted by Crippen LogP contribution is -2.36. The van der Waals surface area contributed by atoms with Gasteiger partial charge >= 0.3 is 0 Å². The predicted octanol–water partition coefficient (Wildman–Crippen LogP) is 3.00. The Kier molecular flexibility index (Phi) is 4.76. The van der Waals surface area contributed by atoms with Gasteiger partial charge in [-0.05, 0) is 48.8 Å². The molecule has 1 aromatic carbocycles. The first-order chi connectivity index (χ1) is 12.6. The highest BCUT2D eigenvalue weighted by molar-refractivity contribution is 9.10. The smallest absolute Gasteiger partial charge is 0.267 e. The zero-order chi connectivity index (χ0) is 18.1. The molecular weight excluding hydrogens is 394 g/mol. The van der Waals surface area contributed by atoms with Crippen LogP contribution in [0.25, 0.3) is 11.3 Å². The van der Waals surface area contributed by atoms with Crippen molar-refractivity contribution in [2.24, 2.45) is 17.8 Å². The van der Waals surface area contributed by atoms with Gasteiger partial charge in [-0.3, -0.25) is 9.59 Å². The minimum Gasteiger partial charge on any atom is -0.354 e. The quantitative estimate of drug-likeness (QED) is 0.766. The standard InChI is InChI=1S/C20H20BrN3O2/c21-17-5-3-14(4-6-17)18-7-8-20(26)24(23-18)12-19(25)22-11-16-10-13-1-2-15(16)9-13/h1-8,13,15-16H,9-12H2,(H,22,25)/t13-,15+,16+/m1/s1. The van der Waals surface area contributed by atoms with E-state index in [-0.39, 0.29) is 18.0 Å². The lowest BCUT2D eigenvalue weighted by molar-refractivity contribution is -0.122. The number of carbonyl (C=O) groups is 1. The van der Waals surface area contributed by atoms with Crippen LogP contribution in [0, 0.1) is 17.8 Å². The molecule has 0 radical (unpaired) electrons. The van der Waals surface area contributed by atoms with Crippen LogP contribution in [0.3, 0.4) is 0 Å². The molecule has 2 aliphatic rings. The van der Waals surface area contributed by atoms with Crippen molar-refractivity contribution < 1.29 is 4.79 Å². The van der Waals surface area contributed by atoms with Gasteiger partial charge in [-0.2, -0.15) is 5.10 Å². The molecule has 1 N–H and O–H groups in total. The summed E-state index contributed by atoms with van der Waals surface area (Å²) in [6.07, 6.45) is 6.94. The van der Waals surface area contributed by atoms with Crippen LogP contribution in [0.5, 0.6) is 0 Å². The van der Waals surface area contributed by atoms with Crippen LogP contribution in [0.15, 0.2) is 57.8 Å². The lowest BCUT2D eigenvalue weighted by atomic mass is 9.94. The summed E-state index contributed by atoms with van der Waals surface area (Å²) in [6, 6.07) is 10.8. The zero-order valence-corrected chi connectivity index (χ0v) is 15.9. The maximum atomic E-state index is 12.3. The molecule has 2 aliphatic carbocycles. The monoisotopic (exact) mass is 413 g/mol. The van der Waals surface area contributed by atoms with E-state index in [1.54, 1.807) is 6.07 Å². The number of fused-ring (bicyclic) bond motifs is 2. The number of hydrogen-bond donors (Lipinski definition) is 1. The lowest BCUT2D eigenvalue weighted by Gasteiger charge is -2.18. The number of nitrogens with one attached hydrogen (secondary N) is 1. The topological polar surface area (TPSA) is 64.0 Å². The van der Waals surface area contributed by atoms with Crippen molar-refractivity contribution in [3.05, 3.63) is 63.4 Å². The van der Waals surface area contributed by atoms with Gasteiger partial charge in [0.25, 0.3) is 5.56 Å². The van der Waals surface area contributed by atoms with Crippen molar-refractivity contribution in [3.8, 4) is 11.3 Å². The summed E-state index contributed by atoms with van der Waals surface area (Å²) in [5, 5.41) is 7.32. The third-order valence-corrected chi connectivity index (χ3v) is 5.81. The highest BCUT2D eigenvalue weighted by Crippen LogP contribution is 2.42. The molecule has 0 saturated heterocycles. The summed E-state index contributed by atoms with van der Waals surface area (Å²) >= 11 is 3.40. The molecule has 0 aliphatic heterocycles.